The third-order valence-electron chi connectivity index (χ3n) is 7.09. The Morgan fingerprint density at radius 3 is 2.06 bits per heavy atom. The Morgan fingerprint density at radius 1 is 0.812 bits per heavy atom. The molecule has 0 amide bonds. The van der Waals surface area contributed by atoms with Gasteiger partial charge in [-0.05, 0) is 37.8 Å². The highest BCUT2D eigenvalue weighted by atomic mass is 16.5. The van der Waals surface area contributed by atoms with E-state index in [2.05, 4.69) is 35.8 Å². The van der Waals surface area contributed by atoms with Gasteiger partial charge in [-0.1, -0.05) is 76.8 Å². The SMILES string of the molecule is CCCCCCCCCCCCOCn1c(=N)n(CC[NH+]2CCCCC2)c2ccccc21. The van der Waals surface area contributed by atoms with Gasteiger partial charge in [0.05, 0.1) is 37.2 Å². The summed E-state index contributed by atoms with van der Waals surface area (Å²) in [7, 11) is 0. The van der Waals surface area contributed by atoms with Crippen LogP contribution in [-0.4, -0.2) is 35.4 Å². The van der Waals surface area contributed by atoms with Gasteiger partial charge in [-0.3, -0.25) is 9.98 Å². The van der Waals surface area contributed by atoms with Gasteiger partial charge < -0.3 is 14.2 Å². The van der Waals surface area contributed by atoms with Crippen LogP contribution < -0.4 is 10.5 Å². The second-order valence-corrected chi connectivity index (χ2v) is 9.67. The molecule has 2 heterocycles. The minimum Gasteiger partial charge on any atom is -0.361 e. The summed E-state index contributed by atoms with van der Waals surface area (Å²) in [5.41, 5.74) is 2.86. The van der Waals surface area contributed by atoms with Crippen LogP contribution in [0.3, 0.4) is 0 Å². The fraction of sp³-hybridized carbons (Fsp3) is 0.741. The number of imidazole rings is 1. The van der Waals surface area contributed by atoms with Crippen molar-refractivity contribution in [1.29, 1.82) is 5.41 Å². The van der Waals surface area contributed by atoms with Gasteiger partial charge in [-0.25, -0.2) is 0 Å². The van der Waals surface area contributed by atoms with E-state index in [-0.39, 0.29) is 0 Å². The summed E-state index contributed by atoms with van der Waals surface area (Å²) in [5.74, 6) is 0. The molecule has 2 N–H and O–H groups in total. The molecule has 1 saturated heterocycles. The topological polar surface area (TPSA) is 47.4 Å². The van der Waals surface area contributed by atoms with E-state index >= 15 is 0 Å². The van der Waals surface area contributed by atoms with Gasteiger partial charge in [0.25, 0.3) is 0 Å². The number of fused-ring (bicyclic) bond motifs is 1. The van der Waals surface area contributed by atoms with Crippen molar-refractivity contribution in [2.45, 2.75) is 104 Å². The van der Waals surface area contributed by atoms with Gasteiger partial charge in [0.2, 0.25) is 5.62 Å². The van der Waals surface area contributed by atoms with Crippen molar-refractivity contribution in [3.63, 3.8) is 0 Å². The predicted molar refractivity (Wildman–Crippen MR) is 133 cm³/mol. The molecule has 0 saturated carbocycles. The Bertz CT molecular complexity index is 819. The first kappa shape index (κ1) is 25.0. The molecule has 2 aromatic rings. The number of quaternary nitrogens is 1. The molecule has 1 aromatic carbocycles. The highest BCUT2D eigenvalue weighted by molar-refractivity contribution is 5.75. The first-order valence-corrected chi connectivity index (χ1v) is 13.4. The molecule has 5 heteroatoms. The Morgan fingerprint density at radius 2 is 1.41 bits per heavy atom. The lowest BCUT2D eigenvalue weighted by atomic mass is 10.1. The number of hydrogen-bond acceptors (Lipinski definition) is 2. The molecule has 0 atom stereocenters. The van der Waals surface area contributed by atoms with Crippen LogP contribution in [0.5, 0.6) is 0 Å². The minimum absolute atomic E-state index is 0.486. The van der Waals surface area contributed by atoms with E-state index in [0.717, 1.165) is 37.2 Å². The van der Waals surface area contributed by atoms with E-state index in [1.54, 1.807) is 4.90 Å². The van der Waals surface area contributed by atoms with Crippen LogP contribution in [0, 0.1) is 5.41 Å². The van der Waals surface area contributed by atoms with E-state index in [4.69, 9.17) is 10.1 Å². The van der Waals surface area contributed by atoms with E-state index < -0.39 is 0 Å². The van der Waals surface area contributed by atoms with Crippen molar-refractivity contribution in [2.75, 3.05) is 26.2 Å². The van der Waals surface area contributed by atoms with Crippen LogP contribution in [0.2, 0.25) is 0 Å². The van der Waals surface area contributed by atoms with Gasteiger partial charge in [-0.15, -0.1) is 0 Å². The zero-order valence-corrected chi connectivity index (χ0v) is 20.5. The first-order chi connectivity index (χ1) is 15.8. The van der Waals surface area contributed by atoms with E-state index in [1.807, 2.05) is 4.57 Å². The molecule has 1 fully saturated rings. The second-order valence-electron chi connectivity index (χ2n) is 9.67. The largest absolute Gasteiger partial charge is 0.361 e. The average Bonchev–Trinajstić information content (AvgIpc) is 3.09. The van der Waals surface area contributed by atoms with Crippen LogP contribution in [-0.2, 0) is 18.0 Å². The fourth-order valence-electron chi connectivity index (χ4n) is 5.07. The van der Waals surface area contributed by atoms with Crippen molar-refractivity contribution in [3.8, 4) is 0 Å². The Labute approximate surface area is 195 Å². The van der Waals surface area contributed by atoms with Gasteiger partial charge in [0.15, 0.2) is 0 Å². The van der Waals surface area contributed by atoms with Crippen molar-refractivity contribution in [3.05, 3.63) is 29.9 Å². The molecule has 180 valence electrons. The number of para-hydroxylation sites is 2. The summed E-state index contributed by atoms with van der Waals surface area (Å²) in [5, 5.41) is 8.78. The van der Waals surface area contributed by atoms with Crippen LogP contribution in [0.25, 0.3) is 11.0 Å². The van der Waals surface area contributed by atoms with Gasteiger partial charge in [0.1, 0.15) is 6.73 Å². The lowest BCUT2D eigenvalue weighted by Crippen LogP contribution is -3.13. The van der Waals surface area contributed by atoms with Crippen LogP contribution >= 0.6 is 0 Å². The number of nitrogens with zero attached hydrogens (tertiary/aromatic N) is 2. The van der Waals surface area contributed by atoms with Gasteiger partial charge in [0, 0.05) is 6.61 Å². The molecule has 0 bridgehead atoms. The van der Waals surface area contributed by atoms with Crippen molar-refractivity contribution < 1.29 is 9.64 Å². The zero-order valence-electron chi connectivity index (χ0n) is 20.5. The normalized spacial score (nSPS) is 15.0. The fourth-order valence-corrected chi connectivity index (χ4v) is 5.07. The minimum atomic E-state index is 0.486. The maximum atomic E-state index is 8.78. The molecular formula is C27H47N4O+. The Balaban J connectivity index is 1.39. The Hall–Kier alpha value is -1.59. The molecular weight excluding hydrogens is 396 g/mol. The molecule has 5 nitrogen and oxygen atoms in total. The number of likely N-dealkylation sites (tertiary alicyclic amines) is 1. The number of benzene rings is 1. The highest BCUT2D eigenvalue weighted by Gasteiger charge is 2.16. The van der Waals surface area contributed by atoms with E-state index in [0.29, 0.717) is 12.3 Å². The number of nitrogens with one attached hydrogen (secondary N) is 2. The molecule has 0 aliphatic carbocycles. The summed E-state index contributed by atoms with van der Waals surface area (Å²) in [4.78, 5) is 1.69. The summed E-state index contributed by atoms with van der Waals surface area (Å²) < 4.78 is 10.2. The maximum absolute atomic E-state index is 8.78. The van der Waals surface area contributed by atoms with Crippen molar-refractivity contribution in [2.24, 2.45) is 0 Å². The number of ether oxygens (including phenoxy) is 1. The molecule has 1 aliphatic heterocycles. The second kappa shape index (κ2) is 14.5. The van der Waals surface area contributed by atoms with Crippen LogP contribution in [0.15, 0.2) is 24.3 Å². The van der Waals surface area contributed by atoms with Crippen LogP contribution in [0.1, 0.15) is 90.4 Å². The number of aromatic nitrogens is 2. The van der Waals surface area contributed by atoms with Crippen molar-refractivity contribution in [1.82, 2.24) is 9.13 Å². The molecule has 1 aromatic heterocycles. The molecule has 32 heavy (non-hydrogen) atoms. The number of hydrogen-bond donors (Lipinski definition) is 2. The standard InChI is InChI=1S/C27H46N4O/c1-2-3-4-5-6-7-8-9-10-16-23-32-24-31-26-18-13-12-17-25(26)30(27(31)28)22-21-29-19-14-11-15-20-29/h12-13,17-18,28H,2-11,14-16,19-24H2,1H3/p+1. The molecule has 0 unspecified atom stereocenters. The first-order valence-electron chi connectivity index (χ1n) is 13.4. The molecule has 3 rings (SSSR count). The van der Waals surface area contributed by atoms with Crippen LogP contribution in [0.4, 0.5) is 0 Å². The van der Waals surface area contributed by atoms with E-state index in [9.17, 15) is 0 Å². The summed E-state index contributed by atoms with van der Waals surface area (Å²) in [6, 6.07) is 8.43. The summed E-state index contributed by atoms with van der Waals surface area (Å²) in [6.45, 7) is 8.16. The lowest BCUT2D eigenvalue weighted by Gasteiger charge is -2.23. The average molecular weight is 444 g/mol. The molecule has 1 aliphatic rings. The van der Waals surface area contributed by atoms with Gasteiger partial charge in [-0.2, -0.15) is 0 Å². The maximum Gasteiger partial charge on any atom is 0.205 e. The monoisotopic (exact) mass is 443 g/mol. The smallest absolute Gasteiger partial charge is 0.205 e. The zero-order chi connectivity index (χ0) is 22.4. The lowest BCUT2D eigenvalue weighted by molar-refractivity contribution is -0.905. The third kappa shape index (κ3) is 7.77. The third-order valence-corrected chi connectivity index (χ3v) is 7.09. The predicted octanol–water partition coefficient (Wildman–Crippen LogP) is 4.89. The highest BCUT2D eigenvalue weighted by Crippen LogP contribution is 2.13. The number of piperidine rings is 1. The van der Waals surface area contributed by atoms with Gasteiger partial charge >= 0.3 is 0 Å². The summed E-state index contributed by atoms with van der Waals surface area (Å²) in [6.07, 6.45) is 17.5. The molecule has 0 radical (unpaired) electrons. The number of unbranched alkanes of at least 4 members (excludes halogenated alkanes) is 9. The summed E-state index contributed by atoms with van der Waals surface area (Å²) >= 11 is 0. The quantitative estimate of drug-likeness (QED) is 0.357. The molecule has 0 spiro atoms. The Kier molecular flexibility index (Phi) is 11.4. The van der Waals surface area contributed by atoms with Crippen molar-refractivity contribution >= 4 is 11.0 Å². The van der Waals surface area contributed by atoms with E-state index in [1.165, 1.54) is 90.1 Å². The number of rotatable bonds is 16.